The van der Waals surface area contributed by atoms with E-state index in [1.54, 1.807) is 24.1 Å². The summed E-state index contributed by atoms with van der Waals surface area (Å²) in [4.78, 5) is 41.4. The highest BCUT2D eigenvalue weighted by Crippen LogP contribution is 2.40. The number of ether oxygens (including phenoxy) is 1. The average molecular weight is 711 g/mol. The lowest BCUT2D eigenvalue weighted by atomic mass is 9.95. The summed E-state index contributed by atoms with van der Waals surface area (Å²) in [5, 5.41) is 2.51. The molecule has 1 amide bonds. The second-order valence-corrected chi connectivity index (χ2v) is 14.1. The van der Waals surface area contributed by atoms with Crippen molar-refractivity contribution in [2.24, 2.45) is 0 Å². The minimum Gasteiger partial charge on any atom is -0.461 e. The third-order valence-electron chi connectivity index (χ3n) is 10.7. The maximum absolute atomic E-state index is 16.8. The van der Waals surface area contributed by atoms with Crippen molar-refractivity contribution in [3.63, 3.8) is 0 Å². The molecule has 3 aromatic heterocycles. The summed E-state index contributed by atoms with van der Waals surface area (Å²) in [5.41, 5.74) is 0.796. The Kier molecular flexibility index (Phi) is 8.75. The van der Waals surface area contributed by atoms with E-state index in [-0.39, 0.29) is 40.4 Å². The lowest BCUT2D eigenvalue weighted by Gasteiger charge is -2.31. The molecule has 3 aliphatic heterocycles. The normalized spacial score (nSPS) is 18.7. The molecule has 6 heterocycles. The molecule has 0 unspecified atom stereocenters. The van der Waals surface area contributed by atoms with E-state index in [2.05, 4.69) is 24.8 Å². The van der Waals surface area contributed by atoms with Crippen LogP contribution in [0.5, 0.6) is 6.01 Å². The number of anilines is 1. The molecule has 1 atom stereocenters. The number of fused-ring (bicyclic) bond motifs is 3. The van der Waals surface area contributed by atoms with Gasteiger partial charge in [0.05, 0.1) is 17.1 Å². The lowest BCUT2D eigenvalue weighted by Crippen LogP contribution is -2.43. The van der Waals surface area contributed by atoms with Gasteiger partial charge in [0.1, 0.15) is 35.2 Å². The molecule has 262 valence electrons. The van der Waals surface area contributed by atoms with Crippen LogP contribution in [-0.2, 0) is 4.79 Å². The molecule has 13 heteroatoms. The summed E-state index contributed by atoms with van der Waals surface area (Å²) in [5.74, 6) is -0.582. The quantitative estimate of drug-likeness (QED) is 0.164. The van der Waals surface area contributed by atoms with Crippen LogP contribution in [0, 0.1) is 18.6 Å². The van der Waals surface area contributed by atoms with E-state index in [1.807, 2.05) is 42.3 Å². The van der Waals surface area contributed by atoms with Crippen LogP contribution >= 0.6 is 11.6 Å². The Balaban J connectivity index is 1.13. The third kappa shape index (κ3) is 6.14. The van der Waals surface area contributed by atoms with Gasteiger partial charge in [0.15, 0.2) is 11.6 Å². The van der Waals surface area contributed by atoms with E-state index >= 15 is 4.39 Å². The van der Waals surface area contributed by atoms with Crippen molar-refractivity contribution in [2.45, 2.75) is 50.6 Å². The van der Waals surface area contributed by atoms with Crippen LogP contribution in [0.15, 0.2) is 54.9 Å². The van der Waals surface area contributed by atoms with E-state index in [0.29, 0.717) is 59.1 Å². The maximum atomic E-state index is 16.8. The number of aryl methyl sites for hydroxylation is 1. The molecule has 0 bridgehead atoms. The number of halogens is 3. The highest BCUT2D eigenvalue weighted by molar-refractivity contribution is 6.36. The van der Waals surface area contributed by atoms with Gasteiger partial charge in [0.25, 0.3) is 0 Å². The molecule has 2 aromatic carbocycles. The van der Waals surface area contributed by atoms with Crippen molar-refractivity contribution >= 4 is 51.1 Å². The van der Waals surface area contributed by atoms with Crippen molar-refractivity contribution < 1.29 is 18.3 Å². The Morgan fingerprint density at radius 2 is 1.84 bits per heavy atom. The van der Waals surface area contributed by atoms with Crippen LogP contribution in [0.4, 0.5) is 14.6 Å². The predicted molar refractivity (Wildman–Crippen MR) is 193 cm³/mol. The Morgan fingerprint density at radius 1 is 1.06 bits per heavy atom. The highest BCUT2D eigenvalue weighted by Gasteiger charge is 2.45. The zero-order valence-electron chi connectivity index (χ0n) is 28.5. The van der Waals surface area contributed by atoms with Gasteiger partial charge in [0, 0.05) is 54.4 Å². The van der Waals surface area contributed by atoms with Crippen LogP contribution in [0.2, 0.25) is 5.02 Å². The van der Waals surface area contributed by atoms with Crippen LogP contribution in [0.25, 0.3) is 39.0 Å². The first-order valence-corrected chi connectivity index (χ1v) is 17.7. The number of benzene rings is 2. The number of carbonyl (C=O) groups is 1. The third-order valence-corrected chi connectivity index (χ3v) is 11.0. The van der Waals surface area contributed by atoms with Gasteiger partial charge in [0.2, 0.25) is 5.91 Å². The summed E-state index contributed by atoms with van der Waals surface area (Å²) in [6, 6.07) is 11.1. The summed E-state index contributed by atoms with van der Waals surface area (Å²) in [7, 11) is 1.88. The van der Waals surface area contributed by atoms with Crippen molar-refractivity contribution in [2.75, 3.05) is 44.7 Å². The summed E-state index contributed by atoms with van der Waals surface area (Å²) in [6.45, 7) is 5.04. The Labute approximate surface area is 299 Å². The molecule has 0 radical (unpaired) electrons. The van der Waals surface area contributed by atoms with E-state index in [0.717, 1.165) is 50.4 Å². The van der Waals surface area contributed by atoms with Crippen LogP contribution in [-0.4, -0.2) is 92.0 Å². The molecule has 10 nitrogen and oxygen atoms in total. The molecule has 0 spiro atoms. The molecular weight excluding hydrogens is 674 g/mol. The van der Waals surface area contributed by atoms with Gasteiger partial charge in [-0.05, 0) is 69.6 Å². The standard InChI is InChI=1S/C38H37ClF2N8O2/c1-23-42-20-29(40)30(44-23)11-12-31(50)48-18-13-25(21-48)47(2)36-27-19-43-34(26-9-3-7-24-8-4-10-28(39)32(24)26)33(41)35(27)45-37(46-36)51-22-38-14-5-16-49(38)17-6-15-38/h3-4,7-12,19-20,25H,5-6,13-18,21-22H2,1-2H3/b12-11+/t25-/m1/s1. The first-order chi connectivity index (χ1) is 24.7. The second kappa shape index (κ2) is 13.4. The van der Waals surface area contributed by atoms with Gasteiger partial charge in [-0.1, -0.05) is 41.9 Å². The SMILES string of the molecule is Cc1ncc(F)c(/C=C/C(=O)N2CC[C@@H](N(C)c3nc(OCC45CCCN4CCC5)nc4c(F)c(-c5cccc6cccc(Cl)c56)ncc34)C2)n1. The number of nitrogens with zero attached hydrogens (tertiary/aromatic N) is 8. The van der Waals surface area contributed by atoms with Gasteiger partial charge >= 0.3 is 6.01 Å². The largest absolute Gasteiger partial charge is 0.461 e. The molecule has 3 saturated heterocycles. The van der Waals surface area contributed by atoms with E-state index < -0.39 is 11.6 Å². The van der Waals surface area contributed by atoms with E-state index in [9.17, 15) is 9.18 Å². The highest BCUT2D eigenvalue weighted by atomic mass is 35.5. The Bertz CT molecular complexity index is 2180. The molecule has 5 aromatic rings. The smallest absolute Gasteiger partial charge is 0.319 e. The molecule has 0 aliphatic carbocycles. The summed E-state index contributed by atoms with van der Waals surface area (Å²) >= 11 is 6.63. The zero-order chi connectivity index (χ0) is 35.3. The molecule has 8 rings (SSSR count). The van der Waals surface area contributed by atoms with Gasteiger partial charge in [-0.15, -0.1) is 0 Å². The van der Waals surface area contributed by atoms with E-state index in [4.69, 9.17) is 21.3 Å². The number of hydrogen-bond donors (Lipinski definition) is 0. The zero-order valence-corrected chi connectivity index (χ0v) is 29.2. The first kappa shape index (κ1) is 33.3. The minimum absolute atomic E-state index is 0.0563. The predicted octanol–water partition coefficient (Wildman–Crippen LogP) is 6.63. The van der Waals surface area contributed by atoms with Gasteiger partial charge in [-0.3, -0.25) is 14.7 Å². The van der Waals surface area contributed by atoms with Crippen molar-refractivity contribution in [3.8, 4) is 17.3 Å². The number of amides is 1. The van der Waals surface area contributed by atoms with Crippen LogP contribution < -0.4 is 9.64 Å². The number of pyridine rings is 1. The summed E-state index contributed by atoms with van der Waals surface area (Å²) < 4.78 is 37.4. The minimum atomic E-state index is -0.599. The number of likely N-dealkylation sites (N-methyl/N-ethyl adjacent to an activating group) is 1. The number of aromatic nitrogens is 5. The second-order valence-electron chi connectivity index (χ2n) is 13.7. The number of likely N-dealkylation sites (tertiary alicyclic amines) is 1. The van der Waals surface area contributed by atoms with E-state index in [1.165, 1.54) is 12.2 Å². The Morgan fingerprint density at radius 3 is 2.65 bits per heavy atom. The van der Waals surface area contributed by atoms with Gasteiger partial charge < -0.3 is 14.5 Å². The first-order valence-electron chi connectivity index (χ1n) is 17.3. The van der Waals surface area contributed by atoms with Gasteiger partial charge in [-0.2, -0.15) is 9.97 Å². The molecule has 51 heavy (non-hydrogen) atoms. The van der Waals surface area contributed by atoms with Gasteiger partial charge in [-0.25, -0.2) is 18.7 Å². The fraction of sp³-hybridized carbons (Fsp3) is 0.368. The van der Waals surface area contributed by atoms with Crippen molar-refractivity contribution in [1.82, 2.24) is 34.7 Å². The summed E-state index contributed by atoms with van der Waals surface area (Å²) in [6.07, 6.45) is 10.4. The fourth-order valence-electron chi connectivity index (χ4n) is 7.97. The van der Waals surface area contributed by atoms with Crippen molar-refractivity contribution in [3.05, 3.63) is 83.0 Å². The fourth-order valence-corrected chi connectivity index (χ4v) is 8.26. The average Bonchev–Trinajstić information content (AvgIpc) is 3.88. The number of hydrogen-bond acceptors (Lipinski definition) is 9. The van der Waals surface area contributed by atoms with Crippen LogP contribution in [0.1, 0.15) is 43.6 Å². The lowest BCUT2D eigenvalue weighted by molar-refractivity contribution is -0.124. The topological polar surface area (TPSA) is 100 Å². The Hall–Kier alpha value is -4.81. The number of rotatable bonds is 8. The molecule has 3 fully saturated rings. The molecule has 0 N–H and O–H groups in total. The van der Waals surface area contributed by atoms with Crippen LogP contribution in [0.3, 0.4) is 0 Å². The molecular formula is C38H37ClF2N8O2. The molecule has 0 saturated carbocycles. The maximum Gasteiger partial charge on any atom is 0.319 e. The van der Waals surface area contributed by atoms with Crippen molar-refractivity contribution in [1.29, 1.82) is 0 Å². The molecule has 3 aliphatic rings. The number of carbonyl (C=O) groups excluding carboxylic acids is 1. The monoisotopic (exact) mass is 710 g/mol.